The molecule has 0 radical (unpaired) electrons. The van der Waals surface area contributed by atoms with Gasteiger partial charge in [-0.2, -0.15) is 0 Å². The molecule has 18 heavy (non-hydrogen) atoms. The molecule has 2 unspecified atom stereocenters. The molecule has 0 saturated heterocycles. The van der Waals surface area contributed by atoms with Crippen molar-refractivity contribution < 1.29 is 14.7 Å². The van der Waals surface area contributed by atoms with E-state index in [1.807, 2.05) is 12.3 Å². The third-order valence-corrected chi connectivity index (χ3v) is 4.52. The summed E-state index contributed by atoms with van der Waals surface area (Å²) in [5.41, 5.74) is 0.872. The number of halogens is 1. The Kier molecular flexibility index (Phi) is 3.73. The van der Waals surface area contributed by atoms with Crippen LogP contribution < -0.4 is 5.32 Å². The Balaban J connectivity index is 2.00. The van der Waals surface area contributed by atoms with Crippen molar-refractivity contribution in [3.63, 3.8) is 0 Å². The fraction of sp³-hybridized carbons (Fsp3) is 0.333. The lowest BCUT2D eigenvalue weighted by molar-refractivity contribution is -0.140. The monoisotopic (exact) mass is 285 g/mol. The van der Waals surface area contributed by atoms with Crippen LogP contribution in [0.5, 0.6) is 0 Å². The molecule has 1 aliphatic rings. The number of carboxylic acid groups (broad SMARTS) is 1. The van der Waals surface area contributed by atoms with Gasteiger partial charge in [0.1, 0.15) is 4.88 Å². The zero-order valence-corrected chi connectivity index (χ0v) is 11.2. The lowest BCUT2D eigenvalue weighted by Crippen LogP contribution is -2.33. The predicted octanol–water partition coefficient (Wildman–Crippen LogP) is 2.47. The van der Waals surface area contributed by atoms with Crippen LogP contribution in [0.4, 0.5) is 0 Å². The summed E-state index contributed by atoms with van der Waals surface area (Å²) >= 11 is 7.30. The highest BCUT2D eigenvalue weighted by Gasteiger charge is 2.26. The highest BCUT2D eigenvalue weighted by Crippen LogP contribution is 2.27. The number of carbonyl (C=O) groups is 2. The van der Waals surface area contributed by atoms with Crippen molar-refractivity contribution in [2.45, 2.75) is 19.4 Å². The van der Waals surface area contributed by atoms with Crippen LogP contribution >= 0.6 is 22.9 Å². The molecule has 1 aliphatic carbocycles. The van der Waals surface area contributed by atoms with Crippen molar-refractivity contribution in [3.8, 4) is 0 Å². The molecule has 1 heterocycles. The van der Waals surface area contributed by atoms with Gasteiger partial charge in [0.25, 0.3) is 5.91 Å². The largest absolute Gasteiger partial charge is 0.481 e. The quantitative estimate of drug-likeness (QED) is 0.839. The SMILES string of the molecule is Cc1csc(C(=O)NC2C=CC(C(=O)O)C2)c1Cl. The van der Waals surface area contributed by atoms with Crippen LogP contribution in [-0.4, -0.2) is 23.0 Å². The van der Waals surface area contributed by atoms with E-state index in [-0.39, 0.29) is 11.9 Å². The third kappa shape index (κ3) is 2.57. The molecular weight excluding hydrogens is 274 g/mol. The second-order valence-electron chi connectivity index (χ2n) is 4.21. The summed E-state index contributed by atoms with van der Waals surface area (Å²) in [4.78, 5) is 23.2. The summed E-state index contributed by atoms with van der Waals surface area (Å²) in [5, 5.41) is 13.9. The first kappa shape index (κ1) is 13.1. The molecule has 1 aromatic rings. The zero-order chi connectivity index (χ0) is 13.3. The van der Waals surface area contributed by atoms with Crippen LogP contribution in [0.25, 0.3) is 0 Å². The summed E-state index contributed by atoms with van der Waals surface area (Å²) in [6.07, 6.45) is 3.71. The average Bonchev–Trinajstić information content (AvgIpc) is 2.88. The fourth-order valence-corrected chi connectivity index (χ4v) is 2.99. The van der Waals surface area contributed by atoms with Gasteiger partial charge in [-0.15, -0.1) is 11.3 Å². The lowest BCUT2D eigenvalue weighted by atomic mass is 10.1. The highest BCUT2D eigenvalue weighted by atomic mass is 35.5. The van der Waals surface area contributed by atoms with E-state index < -0.39 is 11.9 Å². The molecule has 6 heteroatoms. The van der Waals surface area contributed by atoms with E-state index in [9.17, 15) is 9.59 Å². The summed E-state index contributed by atoms with van der Waals surface area (Å²) in [5.74, 6) is -1.64. The molecule has 0 saturated carbocycles. The lowest BCUT2D eigenvalue weighted by Gasteiger charge is -2.11. The zero-order valence-electron chi connectivity index (χ0n) is 9.64. The number of hydrogen-bond donors (Lipinski definition) is 2. The third-order valence-electron chi connectivity index (χ3n) is 2.82. The maximum Gasteiger partial charge on any atom is 0.310 e. The fourth-order valence-electron chi connectivity index (χ4n) is 1.81. The number of carbonyl (C=O) groups excluding carboxylic acids is 1. The van der Waals surface area contributed by atoms with Crippen molar-refractivity contribution in [2.24, 2.45) is 5.92 Å². The minimum atomic E-state index is -0.868. The van der Waals surface area contributed by atoms with Gasteiger partial charge in [-0.05, 0) is 24.3 Å². The summed E-state index contributed by atoms with van der Waals surface area (Å²) in [6.45, 7) is 1.84. The second kappa shape index (κ2) is 5.12. The number of amides is 1. The molecule has 2 rings (SSSR count). The minimum absolute atomic E-state index is 0.239. The smallest absolute Gasteiger partial charge is 0.310 e. The van der Waals surface area contributed by atoms with Gasteiger partial charge in [-0.3, -0.25) is 9.59 Å². The van der Waals surface area contributed by atoms with E-state index in [0.717, 1.165) is 5.56 Å². The number of thiophene rings is 1. The van der Waals surface area contributed by atoms with Crippen LogP contribution in [0.2, 0.25) is 5.02 Å². The Bertz CT molecular complexity index is 523. The molecule has 2 N–H and O–H groups in total. The average molecular weight is 286 g/mol. The molecule has 1 amide bonds. The van der Waals surface area contributed by atoms with Crippen LogP contribution in [0.3, 0.4) is 0 Å². The molecule has 1 aromatic heterocycles. The molecule has 0 bridgehead atoms. The number of nitrogens with one attached hydrogen (secondary N) is 1. The van der Waals surface area contributed by atoms with Gasteiger partial charge in [0.15, 0.2) is 0 Å². The Morgan fingerprint density at radius 1 is 1.50 bits per heavy atom. The van der Waals surface area contributed by atoms with Crippen LogP contribution in [0, 0.1) is 12.8 Å². The standard InChI is InChI=1S/C12H12ClNO3S/c1-6-5-18-10(9(6)13)11(15)14-8-3-2-7(4-8)12(16)17/h2-3,5,7-8H,4H2,1H3,(H,14,15)(H,16,17). The normalized spacial score (nSPS) is 22.1. The first-order valence-corrected chi connectivity index (χ1v) is 6.70. The Morgan fingerprint density at radius 2 is 2.22 bits per heavy atom. The predicted molar refractivity (Wildman–Crippen MR) is 70.2 cm³/mol. The molecular formula is C12H12ClNO3S. The molecule has 96 valence electrons. The van der Waals surface area contributed by atoms with E-state index in [1.54, 1.807) is 12.2 Å². The van der Waals surface area contributed by atoms with Crippen molar-refractivity contribution >= 4 is 34.8 Å². The number of aryl methyl sites for hydroxylation is 1. The first-order chi connectivity index (χ1) is 8.49. The van der Waals surface area contributed by atoms with Gasteiger partial charge in [0.2, 0.25) is 0 Å². The number of hydrogen-bond acceptors (Lipinski definition) is 3. The van der Waals surface area contributed by atoms with Gasteiger partial charge in [0.05, 0.1) is 10.9 Å². The highest BCUT2D eigenvalue weighted by molar-refractivity contribution is 7.13. The van der Waals surface area contributed by atoms with Crippen LogP contribution in [0.15, 0.2) is 17.5 Å². The molecule has 2 atom stereocenters. The van der Waals surface area contributed by atoms with Gasteiger partial charge < -0.3 is 10.4 Å². The number of rotatable bonds is 3. The van der Waals surface area contributed by atoms with Gasteiger partial charge in [-0.1, -0.05) is 23.8 Å². The second-order valence-corrected chi connectivity index (χ2v) is 5.46. The Morgan fingerprint density at radius 3 is 2.72 bits per heavy atom. The summed E-state index contributed by atoms with van der Waals surface area (Å²) in [6, 6.07) is -0.239. The van der Waals surface area contributed by atoms with Gasteiger partial charge in [0, 0.05) is 6.04 Å². The topological polar surface area (TPSA) is 66.4 Å². The van der Waals surface area contributed by atoms with Crippen LogP contribution in [0.1, 0.15) is 21.7 Å². The van der Waals surface area contributed by atoms with E-state index in [2.05, 4.69) is 5.32 Å². The number of aliphatic carboxylic acids is 1. The van der Waals surface area contributed by atoms with Crippen molar-refractivity contribution in [1.29, 1.82) is 0 Å². The van der Waals surface area contributed by atoms with Crippen molar-refractivity contribution in [1.82, 2.24) is 5.32 Å². The van der Waals surface area contributed by atoms with Crippen molar-refractivity contribution in [2.75, 3.05) is 0 Å². The summed E-state index contributed by atoms with van der Waals surface area (Å²) < 4.78 is 0. The van der Waals surface area contributed by atoms with E-state index in [0.29, 0.717) is 16.3 Å². The van der Waals surface area contributed by atoms with E-state index >= 15 is 0 Å². The molecule has 0 fully saturated rings. The number of carboxylic acids is 1. The van der Waals surface area contributed by atoms with E-state index in [1.165, 1.54) is 11.3 Å². The van der Waals surface area contributed by atoms with Crippen LogP contribution in [-0.2, 0) is 4.79 Å². The molecule has 0 aliphatic heterocycles. The Hall–Kier alpha value is -1.33. The summed E-state index contributed by atoms with van der Waals surface area (Å²) in [7, 11) is 0. The molecule has 4 nitrogen and oxygen atoms in total. The maximum absolute atomic E-state index is 11.9. The Labute approximate surface area is 113 Å². The maximum atomic E-state index is 11.9. The molecule has 0 spiro atoms. The van der Waals surface area contributed by atoms with Gasteiger partial charge >= 0.3 is 5.97 Å². The first-order valence-electron chi connectivity index (χ1n) is 5.44. The van der Waals surface area contributed by atoms with E-state index in [4.69, 9.17) is 16.7 Å². The van der Waals surface area contributed by atoms with Crippen molar-refractivity contribution in [3.05, 3.63) is 33.0 Å². The minimum Gasteiger partial charge on any atom is -0.481 e. The van der Waals surface area contributed by atoms with Gasteiger partial charge in [-0.25, -0.2) is 0 Å². The molecule has 0 aromatic carbocycles.